The van der Waals surface area contributed by atoms with Crippen molar-refractivity contribution in [2.24, 2.45) is 5.41 Å². The summed E-state index contributed by atoms with van der Waals surface area (Å²) in [6, 6.07) is 4.68. The van der Waals surface area contributed by atoms with E-state index in [1.54, 1.807) is 23.3 Å². The average Bonchev–Trinajstić information content (AvgIpc) is 2.98. The molecule has 1 aliphatic heterocycles. The molecular formula is C23H36Cl2HfSi. The van der Waals surface area contributed by atoms with Crippen LogP contribution in [0.2, 0.25) is 18.1 Å². The minimum Gasteiger partial charge on any atom is -1.00 e. The van der Waals surface area contributed by atoms with Crippen molar-refractivity contribution in [1.82, 2.24) is 0 Å². The normalized spacial score (nSPS) is 21.2. The number of unbranched alkanes of at least 4 members (excludes halogenated alkanes) is 1. The van der Waals surface area contributed by atoms with Crippen molar-refractivity contribution in [3.63, 3.8) is 0 Å². The van der Waals surface area contributed by atoms with Gasteiger partial charge in [-0.25, -0.2) is 17.2 Å². The topological polar surface area (TPSA) is 0 Å². The van der Waals surface area contributed by atoms with E-state index in [9.17, 15) is 0 Å². The fourth-order valence-corrected chi connectivity index (χ4v) is 8.81. The van der Waals surface area contributed by atoms with Gasteiger partial charge in [-0.05, 0) is 0 Å². The summed E-state index contributed by atoms with van der Waals surface area (Å²) in [5.74, 6) is 0. The van der Waals surface area contributed by atoms with E-state index in [0.29, 0.717) is 0 Å². The number of hydrogen-bond donors (Lipinski definition) is 0. The molecule has 1 fully saturated rings. The van der Waals surface area contributed by atoms with Crippen LogP contribution in [0.4, 0.5) is 0 Å². The van der Waals surface area contributed by atoms with E-state index in [0.717, 1.165) is 0 Å². The molecule has 4 heteroatoms. The van der Waals surface area contributed by atoms with Gasteiger partial charge in [-0.2, -0.15) is 16.3 Å². The van der Waals surface area contributed by atoms with Crippen molar-refractivity contribution in [1.29, 1.82) is 0 Å². The molecule has 27 heavy (non-hydrogen) atoms. The minimum atomic E-state index is -0.919. The van der Waals surface area contributed by atoms with Gasteiger partial charge < -0.3 is 24.8 Å². The Kier molecular flexibility index (Phi) is 13.6. The Hall–Kier alpha value is 0.627. The van der Waals surface area contributed by atoms with Crippen molar-refractivity contribution in [3.8, 4) is 0 Å². The van der Waals surface area contributed by atoms with Crippen LogP contribution >= 0.6 is 0 Å². The Morgan fingerprint density at radius 1 is 1.07 bits per heavy atom. The van der Waals surface area contributed by atoms with E-state index in [1.165, 1.54) is 48.0 Å². The summed E-state index contributed by atoms with van der Waals surface area (Å²) in [5, 5.41) is 1.76. The van der Waals surface area contributed by atoms with Gasteiger partial charge in [0.25, 0.3) is 0 Å². The van der Waals surface area contributed by atoms with Gasteiger partial charge in [0.2, 0.25) is 0 Å². The maximum absolute atomic E-state index is 3.64. The van der Waals surface area contributed by atoms with Crippen molar-refractivity contribution < 1.29 is 50.7 Å². The van der Waals surface area contributed by atoms with Gasteiger partial charge in [0.15, 0.2) is 0 Å². The molecule has 0 saturated carbocycles. The summed E-state index contributed by atoms with van der Waals surface area (Å²) in [7, 11) is -0.919. The number of rotatable bonds is 4. The van der Waals surface area contributed by atoms with E-state index in [1.807, 2.05) is 0 Å². The van der Waals surface area contributed by atoms with Crippen LogP contribution in [0.15, 0.2) is 33.6 Å². The van der Waals surface area contributed by atoms with Crippen molar-refractivity contribution in [3.05, 3.63) is 45.7 Å². The van der Waals surface area contributed by atoms with E-state index in [4.69, 9.17) is 0 Å². The van der Waals surface area contributed by atoms with Crippen molar-refractivity contribution >= 4 is 8.07 Å². The van der Waals surface area contributed by atoms with Gasteiger partial charge in [0.1, 0.15) is 0 Å². The summed E-state index contributed by atoms with van der Waals surface area (Å²) in [6.07, 6.45) is 15.0. The maximum atomic E-state index is 3.64. The van der Waals surface area contributed by atoms with E-state index >= 15 is 0 Å². The first-order valence-electron chi connectivity index (χ1n) is 9.82. The molecule has 0 nitrogen and oxygen atoms in total. The standard InChI is InChI=1S/C13H21Si.C10H15.2ClH.Hf/c1-3-4-8-14(9-5-10-14)13-7-6-12(2)11-13;1-7-6-10(4,5)9(3)8(7)2;;;/h6H,3-5,7-10H2,1-2H3;1-5H3;2*1H;/q2*-1;;;+4/p-2. The van der Waals surface area contributed by atoms with Crippen molar-refractivity contribution in [2.45, 2.75) is 92.3 Å². The molecule has 0 aromatic heterocycles. The minimum absolute atomic E-state index is 0. The van der Waals surface area contributed by atoms with Gasteiger partial charge in [0, 0.05) is 0 Å². The number of hydrogen-bond acceptors (Lipinski definition) is 0. The zero-order valence-corrected chi connectivity index (χ0v) is 24.4. The van der Waals surface area contributed by atoms with Crippen LogP contribution < -0.4 is 24.8 Å². The molecule has 3 aliphatic rings. The molecule has 0 unspecified atom stereocenters. The second-order valence-electron chi connectivity index (χ2n) is 8.56. The van der Waals surface area contributed by atoms with E-state index in [-0.39, 0.29) is 56.1 Å². The molecule has 1 heterocycles. The molecule has 0 radical (unpaired) electrons. The number of allylic oxidation sites excluding steroid dienone is 8. The summed E-state index contributed by atoms with van der Waals surface area (Å²) in [5.41, 5.74) is 5.79. The second-order valence-corrected chi connectivity index (χ2v) is 13.2. The SMILES string of the molecule is CC1=[C-]C(C)(C)C(C)=C1C.CCCC[Si]1(C2=[C-]C(C)=CC2)CCC1.[Cl-].[Cl-].[Hf+4]. The molecule has 0 N–H and O–H groups in total. The third-order valence-electron chi connectivity index (χ3n) is 6.48. The van der Waals surface area contributed by atoms with E-state index < -0.39 is 8.07 Å². The summed E-state index contributed by atoms with van der Waals surface area (Å²) >= 11 is 0. The second kappa shape index (κ2) is 12.4. The first kappa shape index (κ1) is 29.8. The van der Waals surface area contributed by atoms with Crippen LogP contribution in [0.5, 0.6) is 0 Å². The Morgan fingerprint density at radius 2 is 1.67 bits per heavy atom. The average molecular weight is 590 g/mol. The van der Waals surface area contributed by atoms with Gasteiger partial charge in [-0.15, -0.1) is 13.3 Å². The largest absolute Gasteiger partial charge is 4.00 e. The molecule has 0 aromatic rings. The predicted molar refractivity (Wildman–Crippen MR) is 109 cm³/mol. The Bertz CT molecular complexity index is 608. The molecule has 3 rings (SSSR count). The van der Waals surface area contributed by atoms with Crippen LogP contribution in [0, 0.1) is 17.6 Å². The van der Waals surface area contributed by atoms with E-state index in [2.05, 4.69) is 66.7 Å². The maximum Gasteiger partial charge on any atom is 4.00 e. The molecule has 150 valence electrons. The Labute approximate surface area is 201 Å². The van der Waals surface area contributed by atoms with Crippen LogP contribution in [-0.4, -0.2) is 8.07 Å². The summed E-state index contributed by atoms with van der Waals surface area (Å²) < 4.78 is 0. The number of halogens is 2. The molecule has 0 aromatic carbocycles. The van der Waals surface area contributed by atoms with Gasteiger partial charge in [-0.3, -0.25) is 12.2 Å². The zero-order valence-electron chi connectivity index (χ0n) is 18.3. The summed E-state index contributed by atoms with van der Waals surface area (Å²) in [4.78, 5) is 0. The zero-order chi connectivity index (χ0) is 18.0. The Morgan fingerprint density at radius 3 is 1.93 bits per heavy atom. The molecule has 0 spiro atoms. The molecule has 0 amide bonds. The Balaban J connectivity index is 0. The first-order chi connectivity index (χ1) is 11.2. The molecule has 0 bridgehead atoms. The van der Waals surface area contributed by atoms with Gasteiger partial charge in [0.05, 0.1) is 8.07 Å². The molecular weight excluding hydrogens is 554 g/mol. The first-order valence-corrected chi connectivity index (χ1v) is 12.4. The van der Waals surface area contributed by atoms with Gasteiger partial charge in [-0.1, -0.05) is 84.4 Å². The third kappa shape index (κ3) is 7.12. The van der Waals surface area contributed by atoms with Crippen LogP contribution in [0.1, 0.15) is 74.1 Å². The van der Waals surface area contributed by atoms with Crippen molar-refractivity contribution in [2.75, 3.05) is 0 Å². The predicted octanol–water partition coefficient (Wildman–Crippen LogP) is 1.38. The third-order valence-corrected chi connectivity index (χ3v) is 12.0. The fourth-order valence-electron chi connectivity index (χ4n) is 4.17. The smallest absolute Gasteiger partial charge is 1.00 e. The van der Waals surface area contributed by atoms with Crippen LogP contribution in [0.25, 0.3) is 0 Å². The quantitative estimate of drug-likeness (QED) is 0.344. The monoisotopic (exact) mass is 590 g/mol. The molecule has 2 aliphatic carbocycles. The van der Waals surface area contributed by atoms with Gasteiger partial charge >= 0.3 is 25.8 Å². The summed E-state index contributed by atoms with van der Waals surface area (Å²) in [6.45, 7) is 15.4. The van der Waals surface area contributed by atoms with Crippen LogP contribution in [-0.2, 0) is 25.8 Å². The van der Waals surface area contributed by atoms with Crippen LogP contribution in [0.3, 0.4) is 0 Å². The molecule has 0 atom stereocenters. The molecule has 1 saturated heterocycles. The fraction of sp³-hybridized carbons (Fsp3) is 0.652.